The lowest BCUT2D eigenvalue weighted by Gasteiger charge is -2.26. The molecule has 1 N–H and O–H groups in total. The molecule has 0 aromatic carbocycles. The van der Waals surface area contributed by atoms with Gasteiger partial charge in [-0.3, -0.25) is 0 Å². The first kappa shape index (κ1) is 8.06. The van der Waals surface area contributed by atoms with Crippen LogP contribution in [-0.2, 0) is 0 Å². The van der Waals surface area contributed by atoms with Gasteiger partial charge in [-0.05, 0) is 31.2 Å². The van der Waals surface area contributed by atoms with Crippen LogP contribution in [-0.4, -0.2) is 13.1 Å². The van der Waals surface area contributed by atoms with Crippen molar-refractivity contribution in [1.29, 1.82) is 0 Å². The Bertz CT molecular complexity index is 118. The third-order valence-electron chi connectivity index (χ3n) is 2.80. The van der Waals surface area contributed by atoms with Crippen molar-refractivity contribution in [1.82, 2.24) is 5.32 Å². The Morgan fingerprint density at radius 3 is 2.20 bits per heavy atom. The van der Waals surface area contributed by atoms with E-state index in [2.05, 4.69) is 33.1 Å². The molecule has 1 saturated carbocycles. The first-order valence-electron chi connectivity index (χ1n) is 4.23. The third-order valence-corrected chi connectivity index (χ3v) is 2.80. The Morgan fingerprint density at radius 2 is 2.00 bits per heavy atom. The zero-order valence-electron chi connectivity index (χ0n) is 7.57. The molecule has 0 aliphatic heterocycles. The molecule has 0 amide bonds. The van der Waals surface area contributed by atoms with Gasteiger partial charge in [-0.2, -0.15) is 0 Å². The first-order valence-corrected chi connectivity index (χ1v) is 4.23. The maximum absolute atomic E-state index is 3.38. The van der Waals surface area contributed by atoms with Gasteiger partial charge in [-0.25, -0.2) is 0 Å². The molecule has 0 saturated heterocycles. The van der Waals surface area contributed by atoms with Crippen LogP contribution in [0.25, 0.3) is 0 Å². The van der Waals surface area contributed by atoms with E-state index in [1.807, 2.05) is 0 Å². The predicted molar refractivity (Wildman–Crippen MR) is 45.0 cm³/mol. The fourth-order valence-corrected chi connectivity index (χ4v) is 2.35. The van der Waals surface area contributed by atoms with Crippen molar-refractivity contribution in [3.63, 3.8) is 0 Å². The van der Waals surface area contributed by atoms with Crippen LogP contribution in [0, 0.1) is 11.3 Å². The average molecular weight is 141 g/mol. The van der Waals surface area contributed by atoms with Crippen molar-refractivity contribution >= 4 is 0 Å². The Labute approximate surface area is 64.2 Å². The predicted octanol–water partition coefficient (Wildman–Crippen LogP) is 2.03. The van der Waals surface area contributed by atoms with Crippen LogP contribution in [0.15, 0.2) is 0 Å². The third kappa shape index (κ3) is 1.34. The van der Waals surface area contributed by atoms with E-state index in [0.29, 0.717) is 5.41 Å². The second-order valence-electron chi connectivity index (χ2n) is 4.37. The first-order chi connectivity index (χ1) is 4.56. The molecule has 1 aliphatic carbocycles. The van der Waals surface area contributed by atoms with Crippen molar-refractivity contribution in [3.05, 3.63) is 0 Å². The highest BCUT2D eigenvalue weighted by atomic mass is 14.9. The average Bonchev–Trinajstić information content (AvgIpc) is 2.04. The summed E-state index contributed by atoms with van der Waals surface area (Å²) in [6.45, 7) is 7.06. The van der Waals surface area contributed by atoms with Gasteiger partial charge >= 0.3 is 0 Å². The van der Waals surface area contributed by atoms with Gasteiger partial charge in [0, 0.05) is 6.04 Å². The molecule has 2 atom stereocenters. The molecule has 10 heavy (non-hydrogen) atoms. The second-order valence-corrected chi connectivity index (χ2v) is 4.37. The Balaban J connectivity index is 2.58. The summed E-state index contributed by atoms with van der Waals surface area (Å²) in [6.07, 6.45) is 2.72. The van der Waals surface area contributed by atoms with E-state index in [4.69, 9.17) is 0 Å². The van der Waals surface area contributed by atoms with Gasteiger partial charge in [-0.15, -0.1) is 0 Å². The van der Waals surface area contributed by atoms with Gasteiger partial charge in [-0.1, -0.05) is 20.8 Å². The van der Waals surface area contributed by atoms with Crippen LogP contribution in [0.4, 0.5) is 0 Å². The van der Waals surface area contributed by atoms with Crippen LogP contribution in [0.5, 0.6) is 0 Å². The summed E-state index contributed by atoms with van der Waals surface area (Å²) in [7, 11) is 2.07. The van der Waals surface area contributed by atoms with Gasteiger partial charge in [0.1, 0.15) is 0 Å². The topological polar surface area (TPSA) is 12.0 Å². The molecular formula is C9H19N. The summed E-state index contributed by atoms with van der Waals surface area (Å²) in [4.78, 5) is 0. The second kappa shape index (κ2) is 2.54. The fraction of sp³-hybridized carbons (Fsp3) is 1.00. The molecule has 1 rings (SSSR count). The van der Waals surface area contributed by atoms with Crippen LogP contribution < -0.4 is 5.32 Å². The zero-order valence-corrected chi connectivity index (χ0v) is 7.57. The van der Waals surface area contributed by atoms with E-state index in [1.54, 1.807) is 0 Å². The van der Waals surface area contributed by atoms with Crippen LogP contribution >= 0.6 is 0 Å². The fourth-order valence-electron chi connectivity index (χ4n) is 2.35. The highest BCUT2D eigenvalue weighted by molar-refractivity contribution is 4.92. The van der Waals surface area contributed by atoms with Gasteiger partial charge in [0.15, 0.2) is 0 Å². The summed E-state index contributed by atoms with van der Waals surface area (Å²) in [5.41, 5.74) is 0.522. The Hall–Kier alpha value is -0.0400. The lowest BCUT2D eigenvalue weighted by atomic mass is 9.87. The van der Waals surface area contributed by atoms with Crippen LogP contribution in [0.3, 0.4) is 0 Å². The van der Waals surface area contributed by atoms with Crippen molar-refractivity contribution in [3.8, 4) is 0 Å². The summed E-state index contributed by atoms with van der Waals surface area (Å²) >= 11 is 0. The SMILES string of the molecule is CNC1CC(C)CC1(C)C. The molecule has 0 aromatic heterocycles. The minimum Gasteiger partial charge on any atom is -0.316 e. The quantitative estimate of drug-likeness (QED) is 0.589. The molecule has 1 aliphatic rings. The number of hydrogen-bond donors (Lipinski definition) is 1. The van der Waals surface area contributed by atoms with Crippen LogP contribution in [0.1, 0.15) is 33.6 Å². The lowest BCUT2D eigenvalue weighted by Crippen LogP contribution is -2.34. The molecule has 1 nitrogen and oxygen atoms in total. The van der Waals surface area contributed by atoms with E-state index in [1.165, 1.54) is 12.8 Å². The summed E-state index contributed by atoms with van der Waals surface area (Å²) in [6, 6.07) is 0.738. The van der Waals surface area contributed by atoms with Gasteiger partial charge < -0.3 is 5.32 Å². The zero-order chi connectivity index (χ0) is 7.78. The molecule has 1 heteroatoms. The van der Waals surface area contributed by atoms with Crippen molar-refractivity contribution in [2.75, 3.05) is 7.05 Å². The summed E-state index contributed by atoms with van der Waals surface area (Å²) in [5, 5.41) is 3.38. The number of nitrogens with one attached hydrogen (secondary N) is 1. The maximum atomic E-state index is 3.38. The Kier molecular flexibility index (Phi) is 2.04. The van der Waals surface area contributed by atoms with Gasteiger partial charge in [0.2, 0.25) is 0 Å². The minimum absolute atomic E-state index is 0.522. The highest BCUT2D eigenvalue weighted by Gasteiger charge is 2.37. The van der Waals surface area contributed by atoms with Gasteiger partial charge in [0.25, 0.3) is 0 Å². The largest absolute Gasteiger partial charge is 0.316 e. The number of rotatable bonds is 1. The maximum Gasteiger partial charge on any atom is 0.0118 e. The van der Waals surface area contributed by atoms with E-state index in [9.17, 15) is 0 Å². The standard InChI is InChI=1S/C9H19N/c1-7-5-8(10-4)9(2,3)6-7/h7-8,10H,5-6H2,1-4H3. The smallest absolute Gasteiger partial charge is 0.0118 e. The van der Waals surface area contributed by atoms with Crippen LogP contribution in [0.2, 0.25) is 0 Å². The minimum atomic E-state index is 0.522. The van der Waals surface area contributed by atoms with E-state index < -0.39 is 0 Å². The molecule has 0 heterocycles. The van der Waals surface area contributed by atoms with Gasteiger partial charge in [0.05, 0.1) is 0 Å². The Morgan fingerprint density at radius 1 is 1.40 bits per heavy atom. The highest BCUT2D eigenvalue weighted by Crippen LogP contribution is 2.40. The van der Waals surface area contributed by atoms with E-state index >= 15 is 0 Å². The number of hydrogen-bond acceptors (Lipinski definition) is 1. The molecule has 0 spiro atoms. The molecular weight excluding hydrogens is 122 g/mol. The van der Waals surface area contributed by atoms with E-state index in [0.717, 1.165) is 12.0 Å². The molecule has 1 fully saturated rings. The molecule has 0 bridgehead atoms. The summed E-state index contributed by atoms with van der Waals surface area (Å²) < 4.78 is 0. The molecule has 0 radical (unpaired) electrons. The van der Waals surface area contributed by atoms with Crippen molar-refractivity contribution < 1.29 is 0 Å². The van der Waals surface area contributed by atoms with E-state index in [-0.39, 0.29) is 0 Å². The lowest BCUT2D eigenvalue weighted by molar-refractivity contribution is 0.294. The molecule has 60 valence electrons. The monoisotopic (exact) mass is 141 g/mol. The molecule has 2 unspecified atom stereocenters. The van der Waals surface area contributed by atoms with Crippen molar-refractivity contribution in [2.45, 2.75) is 39.7 Å². The molecule has 0 aromatic rings. The summed E-state index contributed by atoms with van der Waals surface area (Å²) in [5.74, 6) is 0.910. The normalized spacial score (nSPS) is 38.4. The van der Waals surface area contributed by atoms with Crippen molar-refractivity contribution in [2.24, 2.45) is 11.3 Å².